The van der Waals surface area contributed by atoms with E-state index in [1.807, 2.05) is 27.7 Å². The van der Waals surface area contributed by atoms with E-state index in [0.717, 1.165) is 17.7 Å². The zero-order valence-corrected chi connectivity index (χ0v) is 24.8. The molecule has 0 spiro atoms. The summed E-state index contributed by atoms with van der Waals surface area (Å²) >= 11 is 0. The fraction of sp³-hybridized carbons (Fsp3) is 0.300. The van der Waals surface area contributed by atoms with Crippen molar-refractivity contribution < 1.29 is 27.5 Å². The number of rotatable bonds is 5. The fourth-order valence-electron chi connectivity index (χ4n) is 4.32. The largest absolute Gasteiger partial charge is 0.470 e. The molecule has 5 rings (SSSR count). The van der Waals surface area contributed by atoms with Crippen LogP contribution in [0, 0.1) is 6.92 Å². The number of amides is 3. The van der Waals surface area contributed by atoms with Gasteiger partial charge in [-0.2, -0.15) is 18.3 Å². The number of carbonyl (C=O) groups excluding carboxylic acids is 2. The fourth-order valence-corrected chi connectivity index (χ4v) is 4.32. The van der Waals surface area contributed by atoms with Gasteiger partial charge in [-0.25, -0.2) is 19.4 Å². The Morgan fingerprint density at radius 3 is 2.34 bits per heavy atom. The molecule has 0 unspecified atom stereocenters. The maximum Gasteiger partial charge on any atom is 0.416 e. The van der Waals surface area contributed by atoms with Crippen molar-refractivity contribution in [2.24, 2.45) is 0 Å². The first-order chi connectivity index (χ1) is 20.5. The Labute approximate surface area is 251 Å². The number of alkyl halides is 3. The van der Waals surface area contributed by atoms with Crippen LogP contribution in [0.1, 0.15) is 51.4 Å². The number of anilines is 5. The van der Waals surface area contributed by atoms with Crippen LogP contribution >= 0.6 is 0 Å². The molecule has 0 saturated heterocycles. The van der Waals surface area contributed by atoms with Gasteiger partial charge >= 0.3 is 12.2 Å². The van der Waals surface area contributed by atoms with Crippen molar-refractivity contribution in [3.05, 3.63) is 71.7 Å². The summed E-state index contributed by atoms with van der Waals surface area (Å²) in [6.45, 7) is 10.9. The van der Waals surface area contributed by atoms with E-state index >= 15 is 0 Å². The van der Waals surface area contributed by atoms with Crippen LogP contribution < -0.4 is 26.0 Å². The number of nitrogens with one attached hydrogen (secondary N) is 4. The van der Waals surface area contributed by atoms with Gasteiger partial charge in [0.1, 0.15) is 12.1 Å². The molecule has 4 aromatic rings. The molecule has 3 amide bonds. The van der Waals surface area contributed by atoms with Gasteiger partial charge in [0.25, 0.3) is 5.91 Å². The number of halogens is 3. The number of aryl methyl sites for hydroxylation is 1. The number of carbonyl (C=O) groups is 2. The first-order valence-corrected chi connectivity index (χ1v) is 13.6. The molecule has 0 fully saturated rings. The van der Waals surface area contributed by atoms with Crippen molar-refractivity contribution >= 4 is 40.8 Å². The third kappa shape index (κ3) is 6.28. The molecule has 14 heteroatoms. The highest BCUT2D eigenvalue weighted by Gasteiger charge is 2.38. The number of urea groups is 1. The number of fused-ring (bicyclic) bond motifs is 1. The lowest BCUT2D eigenvalue weighted by molar-refractivity contribution is -0.137. The van der Waals surface area contributed by atoms with Crippen LogP contribution in [0.5, 0.6) is 5.75 Å². The summed E-state index contributed by atoms with van der Waals surface area (Å²) in [5, 5.41) is 16.0. The molecule has 44 heavy (non-hydrogen) atoms. The number of benzene rings is 2. The van der Waals surface area contributed by atoms with E-state index in [1.165, 1.54) is 23.1 Å². The zero-order chi connectivity index (χ0) is 32.0. The Balaban J connectivity index is 1.33. The van der Waals surface area contributed by atoms with Gasteiger partial charge in [-0.3, -0.25) is 10.1 Å². The normalized spacial score (nSPS) is 14.2. The highest BCUT2D eigenvalue weighted by atomic mass is 19.4. The molecule has 2 aromatic heterocycles. The van der Waals surface area contributed by atoms with E-state index in [1.54, 1.807) is 38.1 Å². The second kappa shape index (κ2) is 10.8. The first-order valence-electron chi connectivity index (χ1n) is 13.6. The third-order valence-corrected chi connectivity index (χ3v) is 6.84. The van der Waals surface area contributed by atoms with Crippen molar-refractivity contribution in [2.75, 3.05) is 21.3 Å². The lowest BCUT2D eigenvalue weighted by Crippen LogP contribution is -2.46. The van der Waals surface area contributed by atoms with Crippen molar-refractivity contribution in [1.82, 2.24) is 19.7 Å². The smallest absolute Gasteiger partial charge is 0.416 e. The highest BCUT2D eigenvalue weighted by molar-refractivity contribution is 6.01. The van der Waals surface area contributed by atoms with Gasteiger partial charge in [0.15, 0.2) is 17.2 Å². The molecule has 2 aromatic carbocycles. The van der Waals surface area contributed by atoms with Gasteiger partial charge in [-0.1, -0.05) is 20.8 Å². The van der Waals surface area contributed by atoms with Crippen molar-refractivity contribution in [3.63, 3.8) is 0 Å². The second-order valence-corrected chi connectivity index (χ2v) is 11.8. The average Bonchev–Trinajstić information content (AvgIpc) is 3.35. The summed E-state index contributed by atoms with van der Waals surface area (Å²) in [5.41, 5.74) is 0.625. The predicted molar refractivity (Wildman–Crippen MR) is 160 cm³/mol. The Hall–Kier alpha value is -5.14. The summed E-state index contributed by atoms with van der Waals surface area (Å²) in [5.74, 6) is 0.875. The minimum atomic E-state index is -4.47. The number of aromatic nitrogens is 4. The van der Waals surface area contributed by atoms with E-state index < -0.39 is 23.4 Å². The molecular weight excluding hydrogens is 577 g/mol. The second-order valence-electron chi connectivity index (χ2n) is 11.8. The van der Waals surface area contributed by atoms with Crippen LogP contribution in [0.2, 0.25) is 0 Å². The molecule has 230 valence electrons. The van der Waals surface area contributed by atoms with Gasteiger partial charge in [-0.15, -0.1) is 0 Å². The minimum absolute atomic E-state index is 0.254. The summed E-state index contributed by atoms with van der Waals surface area (Å²) in [6.07, 6.45) is -3.17. The summed E-state index contributed by atoms with van der Waals surface area (Å²) in [4.78, 5) is 33.6. The highest BCUT2D eigenvalue weighted by Crippen LogP contribution is 2.39. The van der Waals surface area contributed by atoms with E-state index in [2.05, 4.69) is 36.3 Å². The van der Waals surface area contributed by atoms with Gasteiger partial charge in [0, 0.05) is 22.9 Å². The van der Waals surface area contributed by atoms with E-state index in [9.17, 15) is 22.8 Å². The van der Waals surface area contributed by atoms with Crippen LogP contribution in [0.4, 0.5) is 46.8 Å². The van der Waals surface area contributed by atoms with Crippen LogP contribution in [0.3, 0.4) is 0 Å². The van der Waals surface area contributed by atoms with Gasteiger partial charge in [0.2, 0.25) is 5.75 Å². The molecule has 1 aliphatic heterocycles. The van der Waals surface area contributed by atoms with Crippen molar-refractivity contribution in [3.8, 4) is 11.4 Å². The Morgan fingerprint density at radius 2 is 1.70 bits per heavy atom. The quantitative estimate of drug-likeness (QED) is 0.196. The number of hydrogen-bond acceptors (Lipinski definition) is 7. The Kier molecular flexibility index (Phi) is 7.48. The topological polar surface area (TPSA) is 135 Å². The number of nitrogens with zero attached hydrogens (tertiary/aromatic N) is 4. The standard InChI is InChI=1S/C30H31F3N8O3/c1-16-13-18(9-12-20(16)37-24-23-25(35-15-34-24)39-26(42)29(5,6)44-23)36-27(43)38-22-14-21(28(2,3)4)40-41(22)19-10-7-17(8-11-19)30(31,32)33/h7-15H,1-6H3,(H2,36,38,43)(H2,34,35,37,39,42). The first kappa shape index (κ1) is 30.3. The molecule has 1 aliphatic rings. The Bertz CT molecular complexity index is 1740. The summed E-state index contributed by atoms with van der Waals surface area (Å²) in [6, 6.07) is 10.8. The molecule has 0 aliphatic carbocycles. The third-order valence-electron chi connectivity index (χ3n) is 6.84. The number of ether oxygens (including phenoxy) is 1. The lowest BCUT2D eigenvalue weighted by atomic mass is 9.92. The van der Waals surface area contributed by atoms with Crippen molar-refractivity contribution in [2.45, 2.75) is 58.7 Å². The number of hydrogen-bond donors (Lipinski definition) is 4. The molecule has 0 radical (unpaired) electrons. The molecule has 0 bridgehead atoms. The van der Waals surface area contributed by atoms with Crippen LogP contribution in [0.15, 0.2) is 54.9 Å². The summed E-state index contributed by atoms with van der Waals surface area (Å²) < 4.78 is 46.6. The van der Waals surface area contributed by atoms with Gasteiger partial charge in [-0.05, 0) is 68.8 Å². The molecule has 11 nitrogen and oxygen atoms in total. The molecular formula is C30H31F3N8O3. The predicted octanol–water partition coefficient (Wildman–Crippen LogP) is 6.78. The van der Waals surface area contributed by atoms with E-state index in [0.29, 0.717) is 34.3 Å². The maximum absolute atomic E-state index is 13.1. The molecule has 3 heterocycles. The van der Waals surface area contributed by atoms with Gasteiger partial charge < -0.3 is 20.7 Å². The zero-order valence-electron chi connectivity index (χ0n) is 24.8. The minimum Gasteiger partial charge on any atom is -0.470 e. The lowest BCUT2D eigenvalue weighted by Gasteiger charge is -2.31. The van der Waals surface area contributed by atoms with Crippen molar-refractivity contribution in [1.29, 1.82) is 0 Å². The van der Waals surface area contributed by atoms with Gasteiger partial charge in [0.05, 0.1) is 16.9 Å². The van der Waals surface area contributed by atoms with E-state index in [4.69, 9.17) is 4.74 Å². The molecule has 0 saturated carbocycles. The maximum atomic E-state index is 13.1. The SMILES string of the molecule is Cc1cc(NC(=O)Nc2cc(C(C)(C)C)nn2-c2ccc(C(F)(F)F)cc2)ccc1Nc1ncnc2c1OC(C)(C)C(=O)N2. The Morgan fingerprint density at radius 1 is 1.00 bits per heavy atom. The van der Waals surface area contributed by atoms with E-state index in [-0.39, 0.29) is 23.0 Å². The molecule has 0 atom stereocenters. The molecule has 4 N–H and O–H groups in total. The van der Waals surface area contributed by atoms with Crippen LogP contribution in [0.25, 0.3) is 5.69 Å². The monoisotopic (exact) mass is 608 g/mol. The van der Waals surface area contributed by atoms with Crippen LogP contribution in [-0.4, -0.2) is 37.3 Å². The van der Waals surface area contributed by atoms with Crippen LogP contribution in [-0.2, 0) is 16.4 Å². The average molecular weight is 609 g/mol. The summed E-state index contributed by atoms with van der Waals surface area (Å²) in [7, 11) is 0.